The number of hydrogen-bond donors (Lipinski definition) is 2. The Balaban J connectivity index is 1.89. The highest BCUT2D eigenvalue weighted by atomic mass is 16.5. The minimum absolute atomic E-state index is 0.0343. The summed E-state index contributed by atoms with van der Waals surface area (Å²) in [7, 11) is 9.13. The topological polar surface area (TPSA) is 105 Å². The molecule has 0 heterocycles. The summed E-state index contributed by atoms with van der Waals surface area (Å²) < 4.78 is 32.0. The van der Waals surface area contributed by atoms with Gasteiger partial charge in [0, 0.05) is 35.2 Å². The smallest absolute Gasteiger partial charge is 0.203 e. The van der Waals surface area contributed by atoms with Crippen molar-refractivity contribution in [1.29, 1.82) is 0 Å². The van der Waals surface area contributed by atoms with Crippen molar-refractivity contribution in [3.05, 3.63) is 71.4 Å². The summed E-state index contributed by atoms with van der Waals surface area (Å²) in [6.45, 7) is 0. The number of ether oxygens (including phenoxy) is 6. The van der Waals surface area contributed by atoms with Gasteiger partial charge in [-0.15, -0.1) is 0 Å². The van der Waals surface area contributed by atoms with Crippen molar-refractivity contribution in [1.82, 2.24) is 0 Å². The number of phenolic OH excluding ortho intramolecular Hbond substituents is 1. The van der Waals surface area contributed by atoms with Crippen LogP contribution < -0.4 is 33.7 Å². The highest BCUT2D eigenvalue weighted by Gasteiger charge is 2.13. The van der Waals surface area contributed by atoms with Gasteiger partial charge in [0.05, 0.1) is 42.7 Å². The molecule has 0 fully saturated rings. The highest BCUT2D eigenvalue weighted by molar-refractivity contribution is 6.05. The fourth-order valence-electron chi connectivity index (χ4n) is 3.69. The Morgan fingerprint density at radius 1 is 0.711 bits per heavy atom. The number of nitrogens with one attached hydrogen (secondary N) is 1. The zero-order valence-corrected chi connectivity index (χ0v) is 22.2. The molecule has 200 valence electrons. The Hall–Kier alpha value is -4.79. The van der Waals surface area contributed by atoms with Gasteiger partial charge in [0.2, 0.25) is 5.75 Å². The van der Waals surface area contributed by atoms with Crippen LogP contribution in [0.3, 0.4) is 0 Å². The predicted molar refractivity (Wildman–Crippen MR) is 146 cm³/mol. The third kappa shape index (κ3) is 6.31. The van der Waals surface area contributed by atoms with Gasteiger partial charge in [0.15, 0.2) is 40.3 Å². The molecule has 3 aromatic carbocycles. The van der Waals surface area contributed by atoms with E-state index in [4.69, 9.17) is 28.4 Å². The number of anilines is 1. The van der Waals surface area contributed by atoms with E-state index in [2.05, 4.69) is 5.32 Å². The molecular weight excluding hydrogens is 490 g/mol. The van der Waals surface area contributed by atoms with Gasteiger partial charge in [-0.3, -0.25) is 4.79 Å². The van der Waals surface area contributed by atoms with Crippen LogP contribution in [0.5, 0.6) is 40.2 Å². The Kier molecular flexibility index (Phi) is 9.48. The first-order valence-corrected chi connectivity index (χ1v) is 11.5. The molecule has 0 aromatic heterocycles. The largest absolute Gasteiger partial charge is 0.504 e. The van der Waals surface area contributed by atoms with Crippen LogP contribution in [-0.4, -0.2) is 53.5 Å². The monoisotopic (exact) mass is 521 g/mol. The van der Waals surface area contributed by atoms with Crippen molar-refractivity contribution in [2.45, 2.75) is 0 Å². The van der Waals surface area contributed by atoms with E-state index < -0.39 is 0 Å². The number of allylic oxidation sites excluding steroid dienone is 1. The van der Waals surface area contributed by atoms with E-state index >= 15 is 0 Å². The highest BCUT2D eigenvalue weighted by Crippen LogP contribution is 2.39. The number of phenols is 1. The van der Waals surface area contributed by atoms with Crippen molar-refractivity contribution in [2.24, 2.45) is 0 Å². The molecule has 0 unspecified atom stereocenters. The summed E-state index contributed by atoms with van der Waals surface area (Å²) in [5.74, 6) is 2.51. The number of carbonyl (C=O) groups is 1. The summed E-state index contributed by atoms with van der Waals surface area (Å²) in [5, 5.41) is 13.5. The van der Waals surface area contributed by atoms with Crippen molar-refractivity contribution in [3.63, 3.8) is 0 Å². The lowest BCUT2D eigenvalue weighted by Gasteiger charge is -2.13. The van der Waals surface area contributed by atoms with Gasteiger partial charge in [-0.05, 0) is 42.0 Å². The lowest BCUT2D eigenvalue weighted by Crippen LogP contribution is -1.99. The lowest BCUT2D eigenvalue weighted by molar-refractivity contribution is 0.104. The van der Waals surface area contributed by atoms with E-state index in [9.17, 15) is 9.90 Å². The second kappa shape index (κ2) is 13.0. The maximum absolute atomic E-state index is 12.7. The molecule has 0 saturated heterocycles. The molecule has 0 bridgehead atoms. The zero-order valence-electron chi connectivity index (χ0n) is 22.2. The van der Waals surface area contributed by atoms with E-state index in [0.29, 0.717) is 45.6 Å². The van der Waals surface area contributed by atoms with Crippen LogP contribution in [0, 0.1) is 0 Å². The number of benzene rings is 3. The number of ketones is 1. The van der Waals surface area contributed by atoms with E-state index in [1.165, 1.54) is 40.7 Å². The molecule has 0 radical (unpaired) electrons. The van der Waals surface area contributed by atoms with E-state index in [-0.39, 0.29) is 17.3 Å². The lowest BCUT2D eigenvalue weighted by atomic mass is 10.1. The van der Waals surface area contributed by atoms with Crippen LogP contribution in [0.2, 0.25) is 0 Å². The fraction of sp³-hybridized carbons (Fsp3) is 0.207. The third-order valence-electron chi connectivity index (χ3n) is 5.64. The minimum Gasteiger partial charge on any atom is -0.504 e. The maximum Gasteiger partial charge on any atom is 0.203 e. The summed E-state index contributed by atoms with van der Waals surface area (Å²) in [6, 6.07) is 11.7. The Bertz CT molecular complexity index is 1320. The number of rotatable bonds is 12. The molecule has 3 rings (SSSR count). The molecule has 9 heteroatoms. The normalized spacial score (nSPS) is 10.9. The van der Waals surface area contributed by atoms with Gasteiger partial charge in [0.25, 0.3) is 0 Å². The Morgan fingerprint density at radius 2 is 1.34 bits per heavy atom. The predicted octanol–water partition coefficient (Wildman–Crippen LogP) is 5.42. The van der Waals surface area contributed by atoms with Crippen LogP contribution in [0.4, 0.5) is 5.69 Å². The molecular formula is C29H31NO8. The number of aromatic hydroxyl groups is 1. The summed E-state index contributed by atoms with van der Waals surface area (Å²) >= 11 is 0. The van der Waals surface area contributed by atoms with Crippen LogP contribution in [0.1, 0.15) is 21.5 Å². The molecule has 0 atom stereocenters. The Morgan fingerprint density at radius 3 is 1.92 bits per heavy atom. The average Bonchev–Trinajstić information content (AvgIpc) is 2.95. The van der Waals surface area contributed by atoms with Crippen LogP contribution in [0.15, 0.2) is 54.7 Å². The second-order valence-electron chi connectivity index (χ2n) is 7.81. The molecule has 0 amide bonds. The number of hydrogen-bond acceptors (Lipinski definition) is 9. The maximum atomic E-state index is 12.7. The van der Waals surface area contributed by atoms with Crippen LogP contribution >= 0.6 is 0 Å². The van der Waals surface area contributed by atoms with Crippen molar-refractivity contribution >= 4 is 23.6 Å². The Labute approximate surface area is 221 Å². The summed E-state index contributed by atoms with van der Waals surface area (Å²) in [5.41, 5.74) is 2.45. The SMILES string of the molecule is COc1cc(NC=CC(=O)c2ccc(OC)c(OC)c2)c(C=Cc2cc(OC)c(OC)c(OC)c2)cc1O. The van der Waals surface area contributed by atoms with Gasteiger partial charge in [-0.25, -0.2) is 0 Å². The second-order valence-corrected chi connectivity index (χ2v) is 7.81. The van der Waals surface area contributed by atoms with E-state index in [1.807, 2.05) is 6.08 Å². The van der Waals surface area contributed by atoms with Crippen molar-refractivity contribution in [3.8, 4) is 40.2 Å². The zero-order chi connectivity index (χ0) is 27.7. The fourth-order valence-corrected chi connectivity index (χ4v) is 3.69. The van der Waals surface area contributed by atoms with Crippen LogP contribution in [0.25, 0.3) is 12.2 Å². The van der Waals surface area contributed by atoms with Gasteiger partial charge < -0.3 is 38.8 Å². The van der Waals surface area contributed by atoms with Gasteiger partial charge in [0.1, 0.15) is 0 Å². The molecule has 0 saturated carbocycles. The average molecular weight is 522 g/mol. The molecule has 0 aliphatic carbocycles. The molecule has 38 heavy (non-hydrogen) atoms. The standard InChI is InChI=1S/C29H31NO8/c1-33-24-10-9-20(16-26(24)35-3)22(31)11-12-30-21-17-25(34-2)23(32)15-19(21)8-7-18-13-27(36-4)29(38-6)28(14-18)37-5/h7-17,30,32H,1-6H3. The minimum atomic E-state index is -0.237. The van der Waals surface area contributed by atoms with E-state index in [1.54, 1.807) is 62.8 Å². The van der Waals surface area contributed by atoms with Crippen LogP contribution in [-0.2, 0) is 0 Å². The molecule has 3 aromatic rings. The number of methoxy groups -OCH3 is 6. The number of carbonyl (C=O) groups excluding carboxylic acids is 1. The van der Waals surface area contributed by atoms with Gasteiger partial charge >= 0.3 is 0 Å². The van der Waals surface area contributed by atoms with Gasteiger partial charge in [-0.1, -0.05) is 12.2 Å². The van der Waals surface area contributed by atoms with Crippen molar-refractivity contribution < 1.29 is 38.3 Å². The third-order valence-corrected chi connectivity index (χ3v) is 5.64. The first-order chi connectivity index (χ1) is 18.4. The molecule has 0 spiro atoms. The first-order valence-electron chi connectivity index (χ1n) is 11.5. The van der Waals surface area contributed by atoms with Crippen molar-refractivity contribution in [2.75, 3.05) is 48.0 Å². The first kappa shape index (κ1) is 27.8. The quantitative estimate of drug-likeness (QED) is 0.140. The van der Waals surface area contributed by atoms with E-state index in [0.717, 1.165) is 5.56 Å². The summed E-state index contributed by atoms with van der Waals surface area (Å²) in [4.78, 5) is 12.7. The molecule has 0 aliphatic heterocycles. The van der Waals surface area contributed by atoms with Gasteiger partial charge in [-0.2, -0.15) is 0 Å². The molecule has 9 nitrogen and oxygen atoms in total. The molecule has 2 N–H and O–H groups in total. The molecule has 0 aliphatic rings. The summed E-state index contributed by atoms with van der Waals surface area (Å²) in [6.07, 6.45) is 6.54.